The molecule has 0 unspecified atom stereocenters. The van der Waals surface area contributed by atoms with Gasteiger partial charge in [-0.2, -0.15) is 0 Å². The number of aromatic nitrogens is 3. The summed E-state index contributed by atoms with van der Waals surface area (Å²) < 4.78 is 0. The van der Waals surface area contributed by atoms with Gasteiger partial charge in [0.05, 0.1) is 5.75 Å². The highest BCUT2D eigenvalue weighted by Gasteiger charge is 2.09. The van der Waals surface area contributed by atoms with Crippen molar-refractivity contribution in [1.82, 2.24) is 15.2 Å². The minimum atomic E-state index is -0.0769. The number of thioether (sulfide) groups is 2. The van der Waals surface area contributed by atoms with Crippen LogP contribution in [0.25, 0.3) is 11.4 Å². The first-order valence-electron chi connectivity index (χ1n) is 8.26. The zero-order chi connectivity index (χ0) is 18.4. The van der Waals surface area contributed by atoms with Crippen LogP contribution in [0.5, 0.6) is 0 Å². The first-order chi connectivity index (χ1) is 12.7. The summed E-state index contributed by atoms with van der Waals surface area (Å²) in [7, 11) is 0. The van der Waals surface area contributed by atoms with Gasteiger partial charge in [0, 0.05) is 16.1 Å². The molecule has 3 rings (SSSR count). The molecule has 0 aliphatic carbocycles. The zero-order valence-electron chi connectivity index (χ0n) is 14.7. The Bertz CT molecular complexity index is 877. The van der Waals surface area contributed by atoms with Crippen LogP contribution in [-0.4, -0.2) is 33.1 Å². The molecule has 3 aromatic rings. The Labute approximate surface area is 161 Å². The number of hydrogen-bond acceptors (Lipinski definition) is 5. The summed E-state index contributed by atoms with van der Waals surface area (Å²) in [6.07, 6.45) is 3.01. The molecule has 0 saturated carbocycles. The molecule has 0 spiro atoms. The van der Waals surface area contributed by atoms with Gasteiger partial charge in [-0.15, -0.1) is 16.9 Å². The number of H-pyrrole nitrogens is 1. The number of aryl methyl sites for hydroxylation is 1. The molecule has 0 aliphatic rings. The molecule has 134 valence electrons. The number of anilines is 1. The van der Waals surface area contributed by atoms with Crippen molar-refractivity contribution < 1.29 is 4.79 Å². The lowest BCUT2D eigenvalue weighted by Gasteiger charge is -2.05. The molecule has 26 heavy (non-hydrogen) atoms. The quantitative estimate of drug-likeness (QED) is 0.588. The molecule has 2 aromatic carbocycles. The van der Waals surface area contributed by atoms with Gasteiger partial charge in [0.15, 0.2) is 5.82 Å². The Hall–Kier alpha value is -2.25. The second-order valence-corrected chi connectivity index (χ2v) is 7.41. The maximum atomic E-state index is 12.1. The maximum Gasteiger partial charge on any atom is 0.234 e. The summed E-state index contributed by atoms with van der Waals surface area (Å²) in [5, 5.41) is 10.6. The van der Waals surface area contributed by atoms with E-state index in [1.54, 1.807) is 11.8 Å². The van der Waals surface area contributed by atoms with Crippen molar-refractivity contribution >= 4 is 35.1 Å². The Morgan fingerprint density at radius 2 is 2.00 bits per heavy atom. The normalized spacial score (nSPS) is 10.7. The minimum Gasteiger partial charge on any atom is -0.325 e. The van der Waals surface area contributed by atoms with E-state index in [0.717, 1.165) is 22.6 Å². The van der Waals surface area contributed by atoms with Crippen LogP contribution >= 0.6 is 23.5 Å². The van der Waals surface area contributed by atoms with Crippen molar-refractivity contribution in [3.63, 3.8) is 0 Å². The summed E-state index contributed by atoms with van der Waals surface area (Å²) >= 11 is 2.95. The number of carbonyl (C=O) groups excluding carboxylic acids is 1. The van der Waals surface area contributed by atoms with Crippen LogP contribution in [0, 0.1) is 0 Å². The molecule has 7 heteroatoms. The minimum absolute atomic E-state index is 0.0769. The fraction of sp³-hybridized carbons (Fsp3) is 0.211. The third-order valence-electron chi connectivity index (χ3n) is 3.79. The molecule has 1 amide bonds. The van der Waals surface area contributed by atoms with Gasteiger partial charge >= 0.3 is 0 Å². The monoisotopic (exact) mass is 384 g/mol. The number of carbonyl (C=O) groups is 1. The van der Waals surface area contributed by atoms with E-state index >= 15 is 0 Å². The number of benzene rings is 2. The SMILES string of the molecule is CCc1ccc(-c2nc(SCC(=O)Nc3cccc(SC)c3)n[nH]2)cc1. The van der Waals surface area contributed by atoms with E-state index in [1.807, 2.05) is 42.7 Å². The largest absolute Gasteiger partial charge is 0.325 e. The molecule has 2 N–H and O–H groups in total. The van der Waals surface area contributed by atoms with Gasteiger partial charge in [-0.3, -0.25) is 9.89 Å². The average molecular weight is 385 g/mol. The van der Waals surface area contributed by atoms with E-state index < -0.39 is 0 Å². The first-order valence-corrected chi connectivity index (χ1v) is 10.5. The van der Waals surface area contributed by atoms with Crippen molar-refractivity contribution in [2.75, 3.05) is 17.3 Å². The van der Waals surface area contributed by atoms with E-state index in [2.05, 4.69) is 39.6 Å². The van der Waals surface area contributed by atoms with Crippen LogP contribution in [0.2, 0.25) is 0 Å². The molecule has 1 aromatic heterocycles. The lowest BCUT2D eigenvalue weighted by atomic mass is 10.1. The molecule has 0 radical (unpaired) electrons. The smallest absolute Gasteiger partial charge is 0.234 e. The summed E-state index contributed by atoms with van der Waals surface area (Å²) in [6.45, 7) is 2.13. The number of nitrogens with zero attached hydrogens (tertiary/aromatic N) is 2. The molecule has 1 heterocycles. The fourth-order valence-electron chi connectivity index (χ4n) is 2.37. The van der Waals surface area contributed by atoms with Gasteiger partial charge in [0.1, 0.15) is 0 Å². The van der Waals surface area contributed by atoms with Crippen LogP contribution in [0.3, 0.4) is 0 Å². The Morgan fingerprint density at radius 1 is 1.19 bits per heavy atom. The highest BCUT2D eigenvalue weighted by molar-refractivity contribution is 7.99. The van der Waals surface area contributed by atoms with Gasteiger partial charge in [-0.25, -0.2) is 4.98 Å². The van der Waals surface area contributed by atoms with Gasteiger partial charge in [0.25, 0.3) is 0 Å². The highest BCUT2D eigenvalue weighted by Crippen LogP contribution is 2.21. The predicted molar refractivity (Wildman–Crippen MR) is 109 cm³/mol. The highest BCUT2D eigenvalue weighted by atomic mass is 32.2. The summed E-state index contributed by atoms with van der Waals surface area (Å²) in [4.78, 5) is 17.7. The van der Waals surface area contributed by atoms with Gasteiger partial charge in [-0.1, -0.05) is 49.0 Å². The third kappa shape index (κ3) is 4.89. The van der Waals surface area contributed by atoms with Crippen LogP contribution < -0.4 is 5.32 Å². The van der Waals surface area contributed by atoms with Gasteiger partial charge < -0.3 is 5.32 Å². The van der Waals surface area contributed by atoms with E-state index in [9.17, 15) is 4.79 Å². The van der Waals surface area contributed by atoms with E-state index in [0.29, 0.717) is 11.0 Å². The molecule has 0 fully saturated rings. The van der Waals surface area contributed by atoms with Crippen molar-refractivity contribution in [3.8, 4) is 11.4 Å². The number of hydrogen-bond donors (Lipinski definition) is 2. The number of nitrogens with one attached hydrogen (secondary N) is 2. The molecule has 5 nitrogen and oxygen atoms in total. The predicted octanol–water partition coefficient (Wildman–Crippen LogP) is 4.49. The van der Waals surface area contributed by atoms with Crippen molar-refractivity contribution in [2.45, 2.75) is 23.4 Å². The van der Waals surface area contributed by atoms with E-state index in [-0.39, 0.29) is 11.7 Å². The molecule has 0 atom stereocenters. The molecular weight excluding hydrogens is 364 g/mol. The lowest BCUT2D eigenvalue weighted by molar-refractivity contribution is -0.113. The maximum absolute atomic E-state index is 12.1. The second kappa shape index (κ2) is 8.91. The molecular formula is C19H20N4OS2. The molecule has 0 aliphatic heterocycles. The standard InChI is InChI=1S/C19H20N4OS2/c1-3-13-7-9-14(10-8-13)18-21-19(23-22-18)26-12-17(24)20-15-5-4-6-16(11-15)25-2/h4-11H,3,12H2,1-2H3,(H,20,24)(H,21,22,23). The average Bonchev–Trinajstić information content (AvgIpc) is 3.15. The number of aromatic amines is 1. The van der Waals surface area contributed by atoms with Crippen molar-refractivity contribution in [3.05, 3.63) is 54.1 Å². The Morgan fingerprint density at radius 3 is 2.73 bits per heavy atom. The topological polar surface area (TPSA) is 70.7 Å². The molecule has 0 bridgehead atoms. The number of amides is 1. The van der Waals surface area contributed by atoms with Crippen LogP contribution in [-0.2, 0) is 11.2 Å². The Balaban J connectivity index is 1.56. The van der Waals surface area contributed by atoms with Crippen LogP contribution in [0.15, 0.2) is 58.6 Å². The Kier molecular flexibility index (Phi) is 6.35. The van der Waals surface area contributed by atoms with Crippen LogP contribution in [0.4, 0.5) is 5.69 Å². The van der Waals surface area contributed by atoms with Crippen molar-refractivity contribution in [1.29, 1.82) is 0 Å². The summed E-state index contributed by atoms with van der Waals surface area (Å²) in [5.74, 6) is 0.894. The van der Waals surface area contributed by atoms with Gasteiger partial charge in [0.2, 0.25) is 11.1 Å². The summed E-state index contributed by atoms with van der Waals surface area (Å²) in [5.41, 5.74) is 3.07. The fourth-order valence-corrected chi connectivity index (χ4v) is 3.42. The number of rotatable bonds is 7. The van der Waals surface area contributed by atoms with Gasteiger partial charge in [-0.05, 0) is 36.4 Å². The second-order valence-electron chi connectivity index (χ2n) is 5.59. The van der Waals surface area contributed by atoms with Crippen LogP contribution in [0.1, 0.15) is 12.5 Å². The molecule has 0 saturated heterocycles. The van der Waals surface area contributed by atoms with E-state index in [1.165, 1.54) is 17.3 Å². The summed E-state index contributed by atoms with van der Waals surface area (Å²) in [6, 6.07) is 16.0. The lowest BCUT2D eigenvalue weighted by Crippen LogP contribution is -2.14. The first kappa shape index (κ1) is 18.5. The zero-order valence-corrected chi connectivity index (χ0v) is 16.3. The van der Waals surface area contributed by atoms with E-state index in [4.69, 9.17) is 0 Å². The van der Waals surface area contributed by atoms with Crippen molar-refractivity contribution in [2.24, 2.45) is 0 Å². The third-order valence-corrected chi connectivity index (χ3v) is 5.36.